The second-order valence-corrected chi connectivity index (χ2v) is 6.65. The lowest BCUT2D eigenvalue weighted by Crippen LogP contribution is -2.38. The van der Waals surface area contributed by atoms with Crippen molar-refractivity contribution in [2.45, 2.75) is 33.4 Å². The van der Waals surface area contributed by atoms with Crippen molar-refractivity contribution in [1.29, 1.82) is 0 Å². The van der Waals surface area contributed by atoms with E-state index in [0.29, 0.717) is 12.3 Å². The summed E-state index contributed by atoms with van der Waals surface area (Å²) >= 11 is 0. The molecule has 3 aromatic rings. The average Bonchev–Trinajstić information content (AvgIpc) is 3.20. The fourth-order valence-corrected chi connectivity index (χ4v) is 3.14. The molecule has 0 radical (unpaired) electrons. The summed E-state index contributed by atoms with van der Waals surface area (Å²) in [6.07, 6.45) is 3.40. The molecule has 0 bridgehead atoms. The Bertz CT molecular complexity index is 931. The SMILES string of the molecule is Cc1nn(C)c(C)c1[C@H](C)NC(=O)N(C)Cc1cc(-c2ccncc2)no1. The van der Waals surface area contributed by atoms with Crippen molar-refractivity contribution >= 4 is 6.03 Å². The first-order valence-corrected chi connectivity index (χ1v) is 8.74. The molecular weight excluding hydrogens is 344 g/mol. The summed E-state index contributed by atoms with van der Waals surface area (Å²) in [6, 6.07) is 5.22. The first kappa shape index (κ1) is 18.6. The first-order chi connectivity index (χ1) is 12.9. The molecule has 3 heterocycles. The molecule has 0 aromatic carbocycles. The normalized spacial score (nSPS) is 12.0. The highest BCUT2D eigenvalue weighted by Gasteiger charge is 2.20. The van der Waals surface area contributed by atoms with Crippen LogP contribution in [0.15, 0.2) is 35.1 Å². The standard InChI is InChI=1S/C19H24N6O2/c1-12(18-13(2)22-25(5)14(18)3)21-19(26)24(4)11-16-10-17(23-27-16)15-6-8-20-9-7-15/h6-10,12H,11H2,1-5H3,(H,21,26)/t12-/m0/s1. The number of carbonyl (C=O) groups excluding carboxylic acids is 1. The Morgan fingerprint density at radius 3 is 2.67 bits per heavy atom. The zero-order chi connectivity index (χ0) is 19.6. The molecule has 0 saturated heterocycles. The van der Waals surface area contributed by atoms with Gasteiger partial charge < -0.3 is 14.7 Å². The lowest BCUT2D eigenvalue weighted by Gasteiger charge is -2.21. The molecular formula is C19H24N6O2. The van der Waals surface area contributed by atoms with Crippen LogP contribution < -0.4 is 5.32 Å². The Kier molecular flexibility index (Phi) is 5.25. The molecule has 27 heavy (non-hydrogen) atoms. The monoisotopic (exact) mass is 368 g/mol. The van der Waals surface area contributed by atoms with Crippen LogP contribution in [-0.2, 0) is 13.6 Å². The van der Waals surface area contributed by atoms with Gasteiger partial charge in [0.05, 0.1) is 18.3 Å². The van der Waals surface area contributed by atoms with Crippen molar-refractivity contribution in [1.82, 2.24) is 30.1 Å². The van der Waals surface area contributed by atoms with Crippen LogP contribution >= 0.6 is 0 Å². The van der Waals surface area contributed by atoms with E-state index >= 15 is 0 Å². The van der Waals surface area contributed by atoms with Crippen LogP contribution in [-0.4, -0.2) is 37.9 Å². The maximum Gasteiger partial charge on any atom is 0.318 e. The maximum atomic E-state index is 12.6. The topological polar surface area (TPSA) is 89.1 Å². The van der Waals surface area contributed by atoms with E-state index in [9.17, 15) is 4.79 Å². The van der Waals surface area contributed by atoms with E-state index in [-0.39, 0.29) is 12.1 Å². The molecule has 2 amide bonds. The summed E-state index contributed by atoms with van der Waals surface area (Å²) in [6.45, 7) is 6.22. The summed E-state index contributed by atoms with van der Waals surface area (Å²) in [7, 11) is 3.62. The molecule has 0 aliphatic carbocycles. The summed E-state index contributed by atoms with van der Waals surface area (Å²) in [5.74, 6) is 0.612. The van der Waals surface area contributed by atoms with Gasteiger partial charge in [-0.15, -0.1) is 0 Å². The van der Waals surface area contributed by atoms with E-state index in [1.54, 1.807) is 24.3 Å². The van der Waals surface area contributed by atoms with Gasteiger partial charge in [0, 0.05) is 49.4 Å². The summed E-state index contributed by atoms with van der Waals surface area (Å²) in [5.41, 5.74) is 4.64. The van der Waals surface area contributed by atoms with Crippen molar-refractivity contribution in [3.63, 3.8) is 0 Å². The van der Waals surface area contributed by atoms with Crippen LogP contribution in [0, 0.1) is 13.8 Å². The Morgan fingerprint density at radius 2 is 2.04 bits per heavy atom. The Hall–Kier alpha value is -3.16. The smallest absolute Gasteiger partial charge is 0.318 e. The Morgan fingerprint density at radius 1 is 1.33 bits per heavy atom. The number of nitrogens with one attached hydrogen (secondary N) is 1. The molecule has 8 heteroatoms. The number of rotatable bonds is 5. The third-order valence-corrected chi connectivity index (χ3v) is 4.61. The van der Waals surface area contributed by atoms with E-state index in [2.05, 4.69) is 20.6 Å². The number of carbonyl (C=O) groups is 1. The van der Waals surface area contributed by atoms with Gasteiger partial charge in [-0.05, 0) is 32.9 Å². The molecule has 0 aliphatic rings. The van der Waals surface area contributed by atoms with Crippen molar-refractivity contribution in [3.8, 4) is 11.3 Å². The highest BCUT2D eigenvalue weighted by molar-refractivity contribution is 5.74. The molecule has 3 rings (SSSR count). The van der Waals surface area contributed by atoms with E-state index in [4.69, 9.17) is 4.52 Å². The average molecular weight is 368 g/mol. The minimum Gasteiger partial charge on any atom is -0.359 e. The van der Waals surface area contributed by atoms with Gasteiger partial charge in [0.1, 0.15) is 5.69 Å². The quantitative estimate of drug-likeness (QED) is 0.748. The molecule has 0 spiro atoms. The van der Waals surface area contributed by atoms with Crippen LogP contribution in [0.2, 0.25) is 0 Å². The number of urea groups is 1. The zero-order valence-electron chi connectivity index (χ0n) is 16.2. The molecule has 0 fully saturated rings. The summed E-state index contributed by atoms with van der Waals surface area (Å²) in [5, 5.41) is 11.5. The number of hydrogen-bond donors (Lipinski definition) is 1. The number of aromatic nitrogens is 4. The molecule has 1 N–H and O–H groups in total. The number of nitrogens with zero attached hydrogens (tertiary/aromatic N) is 5. The van der Waals surface area contributed by atoms with Gasteiger partial charge in [0.25, 0.3) is 0 Å². The lowest BCUT2D eigenvalue weighted by molar-refractivity contribution is 0.197. The Labute approximate surface area is 158 Å². The van der Waals surface area contributed by atoms with Crippen molar-refractivity contribution in [3.05, 3.63) is 53.3 Å². The number of pyridine rings is 1. The number of hydrogen-bond acceptors (Lipinski definition) is 5. The first-order valence-electron chi connectivity index (χ1n) is 8.74. The molecule has 0 aliphatic heterocycles. The summed E-state index contributed by atoms with van der Waals surface area (Å²) in [4.78, 5) is 18.1. The highest BCUT2D eigenvalue weighted by Crippen LogP contribution is 2.21. The van der Waals surface area contributed by atoms with Crippen LogP contribution in [0.25, 0.3) is 11.3 Å². The van der Waals surface area contributed by atoms with Crippen LogP contribution in [0.4, 0.5) is 4.79 Å². The minimum atomic E-state index is -0.188. The van der Waals surface area contributed by atoms with Gasteiger partial charge in [0.2, 0.25) is 0 Å². The number of aryl methyl sites for hydroxylation is 2. The van der Waals surface area contributed by atoms with Crippen LogP contribution in [0.5, 0.6) is 0 Å². The van der Waals surface area contributed by atoms with Gasteiger partial charge in [-0.2, -0.15) is 5.10 Å². The number of amides is 2. The van der Waals surface area contributed by atoms with E-state index < -0.39 is 0 Å². The van der Waals surface area contributed by atoms with Gasteiger partial charge in [0.15, 0.2) is 5.76 Å². The van der Waals surface area contributed by atoms with Crippen molar-refractivity contribution in [2.24, 2.45) is 7.05 Å². The summed E-state index contributed by atoms with van der Waals surface area (Å²) < 4.78 is 7.19. The second-order valence-electron chi connectivity index (χ2n) is 6.65. The molecule has 0 saturated carbocycles. The predicted octanol–water partition coefficient (Wildman–Crippen LogP) is 2.99. The minimum absolute atomic E-state index is 0.143. The van der Waals surface area contributed by atoms with E-state index in [1.807, 2.05) is 50.7 Å². The highest BCUT2D eigenvalue weighted by atomic mass is 16.5. The molecule has 1 atom stereocenters. The maximum absolute atomic E-state index is 12.6. The zero-order valence-corrected chi connectivity index (χ0v) is 16.2. The third-order valence-electron chi connectivity index (χ3n) is 4.61. The van der Waals surface area contributed by atoms with Crippen LogP contribution in [0.1, 0.15) is 35.7 Å². The molecule has 142 valence electrons. The van der Waals surface area contributed by atoms with E-state index in [0.717, 1.165) is 28.2 Å². The van der Waals surface area contributed by atoms with Gasteiger partial charge >= 0.3 is 6.03 Å². The third kappa shape index (κ3) is 3.99. The Balaban J connectivity index is 1.63. The van der Waals surface area contributed by atoms with Gasteiger partial charge in [-0.1, -0.05) is 5.16 Å². The fraction of sp³-hybridized carbons (Fsp3) is 0.368. The predicted molar refractivity (Wildman–Crippen MR) is 101 cm³/mol. The lowest BCUT2D eigenvalue weighted by atomic mass is 10.1. The molecule has 8 nitrogen and oxygen atoms in total. The molecule has 3 aromatic heterocycles. The largest absolute Gasteiger partial charge is 0.359 e. The second kappa shape index (κ2) is 7.61. The van der Waals surface area contributed by atoms with E-state index in [1.165, 1.54) is 0 Å². The van der Waals surface area contributed by atoms with Gasteiger partial charge in [-0.25, -0.2) is 4.79 Å². The van der Waals surface area contributed by atoms with Gasteiger partial charge in [-0.3, -0.25) is 9.67 Å². The fourth-order valence-electron chi connectivity index (χ4n) is 3.14. The van der Waals surface area contributed by atoms with Crippen molar-refractivity contribution < 1.29 is 9.32 Å². The van der Waals surface area contributed by atoms with Crippen molar-refractivity contribution in [2.75, 3.05) is 7.05 Å². The molecule has 0 unspecified atom stereocenters. The van der Waals surface area contributed by atoms with Crippen LogP contribution in [0.3, 0.4) is 0 Å².